The van der Waals surface area contributed by atoms with Crippen LogP contribution in [0.2, 0.25) is 0 Å². The summed E-state index contributed by atoms with van der Waals surface area (Å²) in [6.07, 6.45) is 8.67. The second kappa shape index (κ2) is 9.15. The third-order valence-electron chi connectivity index (χ3n) is 3.06. The topological polar surface area (TPSA) is 63.7 Å². The molecule has 5 nitrogen and oxygen atoms in total. The first-order chi connectivity index (χ1) is 10.8. The highest BCUT2D eigenvalue weighted by Gasteiger charge is 2.08. The van der Waals surface area contributed by atoms with Crippen LogP contribution in [0.4, 0.5) is 0 Å². The smallest absolute Gasteiger partial charge is 0.246 e. The van der Waals surface area contributed by atoms with Crippen molar-refractivity contribution in [1.29, 1.82) is 0 Å². The number of likely N-dealkylation sites (N-methyl/N-ethyl adjacent to an activating group) is 1. The quantitative estimate of drug-likeness (QED) is 0.415. The van der Waals surface area contributed by atoms with Gasteiger partial charge in [-0.25, -0.2) is 8.42 Å². The van der Waals surface area contributed by atoms with Gasteiger partial charge in [0.05, 0.1) is 11.5 Å². The number of ether oxygens (including phenoxy) is 1. The largest absolute Gasteiger partial charge is 0.493 e. The predicted molar refractivity (Wildman–Crippen MR) is 91.3 cm³/mol. The lowest BCUT2D eigenvalue weighted by molar-refractivity contribution is -0.124. The first-order valence-electron chi connectivity index (χ1n) is 7.32. The molecule has 0 saturated carbocycles. The fourth-order valence-corrected chi connectivity index (χ4v) is 2.43. The van der Waals surface area contributed by atoms with Crippen LogP contribution in [0, 0.1) is 0 Å². The van der Waals surface area contributed by atoms with Gasteiger partial charge in [0, 0.05) is 25.9 Å². The first-order valence-corrected chi connectivity index (χ1v) is 9.21. The molecule has 0 fully saturated rings. The Labute approximate surface area is 138 Å². The summed E-state index contributed by atoms with van der Waals surface area (Å²) in [7, 11) is -1.51. The number of hydrogen-bond donors (Lipinski definition) is 0. The molecule has 23 heavy (non-hydrogen) atoms. The monoisotopic (exact) mass is 337 g/mol. The summed E-state index contributed by atoms with van der Waals surface area (Å²) in [5, 5.41) is 0. The van der Waals surface area contributed by atoms with Crippen LogP contribution in [-0.4, -0.2) is 45.7 Å². The summed E-state index contributed by atoms with van der Waals surface area (Å²) in [4.78, 5) is 13.6. The van der Waals surface area contributed by atoms with Gasteiger partial charge >= 0.3 is 0 Å². The summed E-state index contributed by atoms with van der Waals surface area (Å²) < 4.78 is 28.5. The van der Waals surface area contributed by atoms with E-state index in [1.807, 2.05) is 13.0 Å². The Morgan fingerprint density at radius 2 is 2.04 bits per heavy atom. The maximum atomic E-state index is 11.7. The molecule has 0 aromatic heterocycles. The minimum Gasteiger partial charge on any atom is -0.493 e. The van der Waals surface area contributed by atoms with E-state index in [1.165, 1.54) is 18.2 Å². The Balaban J connectivity index is 2.42. The van der Waals surface area contributed by atoms with Crippen molar-refractivity contribution < 1.29 is 17.9 Å². The number of rotatable bonds is 8. The maximum absolute atomic E-state index is 11.7. The molecule has 1 aromatic carbocycles. The molecule has 1 aromatic rings. The normalized spacial score (nSPS) is 12.0. The molecule has 0 heterocycles. The van der Waals surface area contributed by atoms with Gasteiger partial charge < -0.3 is 9.64 Å². The highest BCUT2D eigenvalue weighted by molar-refractivity contribution is 7.90. The van der Waals surface area contributed by atoms with Crippen molar-refractivity contribution >= 4 is 15.7 Å². The van der Waals surface area contributed by atoms with Crippen LogP contribution in [0.3, 0.4) is 0 Å². The molecule has 0 saturated heterocycles. The standard InChI is InChI=1S/C17H23NO4S/c1-4-5-6-11-17(19)18(2)12-8-13-22-15-9-7-10-16(14-15)23(3,20)21/h4-7,9-11,14H,8,12-13H2,1-3H3/b5-4+,11-6-. The Hall–Kier alpha value is -2.08. The Kier molecular flexibility index (Phi) is 7.54. The van der Waals surface area contributed by atoms with Crippen molar-refractivity contribution in [2.24, 2.45) is 0 Å². The van der Waals surface area contributed by atoms with Gasteiger partial charge in [0.2, 0.25) is 5.91 Å². The van der Waals surface area contributed by atoms with Crippen molar-refractivity contribution in [1.82, 2.24) is 4.90 Å². The molecule has 0 aliphatic carbocycles. The number of benzene rings is 1. The number of hydrogen-bond acceptors (Lipinski definition) is 4. The zero-order chi connectivity index (χ0) is 17.3. The van der Waals surface area contributed by atoms with Crippen LogP contribution in [0.1, 0.15) is 13.3 Å². The summed E-state index contributed by atoms with van der Waals surface area (Å²) in [5.41, 5.74) is 0. The van der Waals surface area contributed by atoms with E-state index in [2.05, 4.69) is 0 Å². The molecule has 0 aliphatic rings. The molecule has 0 radical (unpaired) electrons. The van der Waals surface area contributed by atoms with Crippen LogP contribution in [0.25, 0.3) is 0 Å². The van der Waals surface area contributed by atoms with E-state index >= 15 is 0 Å². The van der Waals surface area contributed by atoms with Gasteiger partial charge in [0.25, 0.3) is 0 Å². The minimum atomic E-state index is -3.24. The zero-order valence-corrected chi connectivity index (χ0v) is 14.5. The predicted octanol–water partition coefficient (Wildman–Crippen LogP) is 2.45. The Morgan fingerprint density at radius 3 is 2.70 bits per heavy atom. The average Bonchev–Trinajstić information content (AvgIpc) is 2.51. The number of allylic oxidation sites excluding steroid dienone is 3. The molecule has 0 aliphatic heterocycles. The number of sulfone groups is 1. The zero-order valence-electron chi connectivity index (χ0n) is 13.7. The van der Waals surface area contributed by atoms with Crippen LogP contribution < -0.4 is 4.74 Å². The number of nitrogens with zero attached hydrogens (tertiary/aromatic N) is 1. The molecular weight excluding hydrogens is 314 g/mol. The van der Waals surface area contributed by atoms with Gasteiger partial charge in [-0.3, -0.25) is 4.79 Å². The minimum absolute atomic E-state index is 0.0674. The fourth-order valence-electron chi connectivity index (χ4n) is 1.77. The lowest BCUT2D eigenvalue weighted by atomic mass is 10.3. The van der Waals surface area contributed by atoms with E-state index in [1.54, 1.807) is 36.2 Å². The third kappa shape index (κ3) is 7.15. The third-order valence-corrected chi connectivity index (χ3v) is 4.17. The van der Waals surface area contributed by atoms with Gasteiger partial charge in [-0.15, -0.1) is 0 Å². The van der Waals surface area contributed by atoms with Crippen molar-refractivity contribution in [2.45, 2.75) is 18.2 Å². The second-order valence-electron chi connectivity index (χ2n) is 5.09. The van der Waals surface area contributed by atoms with Crippen LogP contribution in [-0.2, 0) is 14.6 Å². The lowest BCUT2D eigenvalue weighted by Crippen LogP contribution is -2.26. The van der Waals surface area contributed by atoms with E-state index in [0.717, 1.165) is 6.26 Å². The van der Waals surface area contributed by atoms with Crippen molar-refractivity contribution in [3.05, 3.63) is 48.6 Å². The van der Waals surface area contributed by atoms with Crippen LogP contribution in [0.5, 0.6) is 5.75 Å². The van der Waals surface area contributed by atoms with Crippen LogP contribution in [0.15, 0.2) is 53.5 Å². The highest BCUT2D eigenvalue weighted by atomic mass is 32.2. The fraction of sp³-hybridized carbons (Fsp3) is 0.353. The van der Waals surface area contributed by atoms with Gasteiger partial charge in [-0.05, 0) is 31.5 Å². The van der Waals surface area contributed by atoms with E-state index < -0.39 is 9.84 Å². The SMILES string of the molecule is C/C=C/C=C\C(=O)N(C)CCCOc1cccc(S(C)(=O)=O)c1. The molecule has 0 spiro atoms. The van der Waals surface area contributed by atoms with E-state index in [4.69, 9.17) is 4.74 Å². The van der Waals surface area contributed by atoms with E-state index in [0.29, 0.717) is 25.3 Å². The van der Waals surface area contributed by atoms with Gasteiger partial charge in [-0.1, -0.05) is 24.3 Å². The second-order valence-corrected chi connectivity index (χ2v) is 7.11. The van der Waals surface area contributed by atoms with Crippen molar-refractivity contribution in [3.63, 3.8) is 0 Å². The molecule has 1 amide bonds. The molecule has 6 heteroatoms. The van der Waals surface area contributed by atoms with Crippen LogP contribution >= 0.6 is 0 Å². The number of amides is 1. The summed E-state index contributed by atoms with van der Waals surface area (Å²) in [6, 6.07) is 6.40. The summed E-state index contributed by atoms with van der Waals surface area (Å²) in [6.45, 7) is 2.85. The average molecular weight is 337 g/mol. The molecular formula is C17H23NO4S. The lowest BCUT2D eigenvalue weighted by Gasteiger charge is -2.15. The molecule has 0 atom stereocenters. The van der Waals surface area contributed by atoms with Gasteiger partial charge in [0.1, 0.15) is 5.75 Å². The van der Waals surface area contributed by atoms with Crippen molar-refractivity contribution in [2.75, 3.05) is 26.5 Å². The molecule has 1 rings (SSSR count). The highest BCUT2D eigenvalue weighted by Crippen LogP contribution is 2.17. The Bertz CT molecular complexity index is 678. The summed E-state index contributed by atoms with van der Waals surface area (Å²) >= 11 is 0. The van der Waals surface area contributed by atoms with Gasteiger partial charge in [-0.2, -0.15) is 0 Å². The number of carbonyl (C=O) groups excluding carboxylic acids is 1. The van der Waals surface area contributed by atoms with Gasteiger partial charge in [0.15, 0.2) is 9.84 Å². The maximum Gasteiger partial charge on any atom is 0.246 e. The van der Waals surface area contributed by atoms with Crippen molar-refractivity contribution in [3.8, 4) is 5.75 Å². The number of carbonyl (C=O) groups is 1. The summed E-state index contributed by atoms with van der Waals surface area (Å²) in [5.74, 6) is 0.442. The molecule has 0 bridgehead atoms. The molecule has 0 N–H and O–H groups in total. The Morgan fingerprint density at radius 1 is 1.30 bits per heavy atom. The van der Waals surface area contributed by atoms with E-state index in [-0.39, 0.29) is 10.8 Å². The first kappa shape index (κ1) is 19.0. The van der Waals surface area contributed by atoms with E-state index in [9.17, 15) is 13.2 Å². The molecule has 126 valence electrons. The molecule has 0 unspecified atom stereocenters.